The summed E-state index contributed by atoms with van der Waals surface area (Å²) in [4.78, 5) is 0. The van der Waals surface area contributed by atoms with Crippen molar-refractivity contribution in [2.45, 2.75) is 19.8 Å². The molecule has 0 atom stereocenters. The molecule has 102 valence electrons. The summed E-state index contributed by atoms with van der Waals surface area (Å²) >= 11 is 0. The van der Waals surface area contributed by atoms with Gasteiger partial charge in [0.2, 0.25) is 0 Å². The fraction of sp³-hybridized carbons (Fsp3) is 0.167. The Morgan fingerprint density at radius 2 is 1.85 bits per heavy atom. The van der Waals surface area contributed by atoms with Gasteiger partial charge in [0.25, 0.3) is 0 Å². The van der Waals surface area contributed by atoms with Crippen molar-refractivity contribution >= 4 is 22.7 Å². The van der Waals surface area contributed by atoms with Crippen LogP contribution in [-0.4, -0.2) is 5.84 Å². The lowest BCUT2D eigenvalue weighted by atomic mass is 9.96. The molecule has 0 aromatic heterocycles. The summed E-state index contributed by atoms with van der Waals surface area (Å²) in [6, 6.07) is 12.7. The Morgan fingerprint density at radius 1 is 1.10 bits per heavy atom. The third kappa shape index (κ3) is 3.35. The summed E-state index contributed by atoms with van der Waals surface area (Å²) < 4.78 is 0. The molecular weight excluding hydrogens is 244 g/mol. The molecule has 2 aromatic rings. The number of nitrogens with one attached hydrogen (secondary N) is 1. The van der Waals surface area contributed by atoms with Gasteiger partial charge in [-0.05, 0) is 35.2 Å². The molecule has 0 saturated heterocycles. The van der Waals surface area contributed by atoms with Gasteiger partial charge in [0.1, 0.15) is 0 Å². The maximum absolute atomic E-state index is 7.37. The lowest BCUT2D eigenvalue weighted by Crippen LogP contribution is -2.10. The SMILES string of the molecule is C/C=C\C=C/c1ccc(CCC(=N)N)c2ccccc12. The van der Waals surface area contributed by atoms with Crippen molar-refractivity contribution < 1.29 is 0 Å². The van der Waals surface area contributed by atoms with Gasteiger partial charge in [-0.25, -0.2) is 0 Å². The summed E-state index contributed by atoms with van der Waals surface area (Å²) in [6.45, 7) is 2.01. The maximum Gasteiger partial charge on any atom is 0.0908 e. The van der Waals surface area contributed by atoms with Crippen LogP contribution < -0.4 is 5.73 Å². The fourth-order valence-electron chi connectivity index (χ4n) is 2.29. The summed E-state index contributed by atoms with van der Waals surface area (Å²) in [7, 11) is 0. The van der Waals surface area contributed by atoms with E-state index in [0.717, 1.165) is 6.42 Å². The molecule has 2 rings (SSSR count). The van der Waals surface area contributed by atoms with Crippen LogP contribution in [0.3, 0.4) is 0 Å². The number of benzene rings is 2. The molecule has 2 nitrogen and oxygen atoms in total. The largest absolute Gasteiger partial charge is 0.388 e. The Kier molecular flexibility index (Phi) is 4.72. The lowest BCUT2D eigenvalue weighted by molar-refractivity contribution is 1.03. The molecule has 0 aliphatic heterocycles. The zero-order valence-corrected chi connectivity index (χ0v) is 11.8. The second-order valence-corrected chi connectivity index (χ2v) is 4.77. The highest BCUT2D eigenvalue weighted by atomic mass is 14.7. The van der Waals surface area contributed by atoms with E-state index in [4.69, 9.17) is 11.1 Å². The Bertz CT molecular complexity index is 666. The van der Waals surface area contributed by atoms with E-state index in [1.165, 1.54) is 21.9 Å². The second-order valence-electron chi connectivity index (χ2n) is 4.77. The van der Waals surface area contributed by atoms with Crippen LogP contribution in [0.25, 0.3) is 16.8 Å². The molecule has 3 N–H and O–H groups in total. The van der Waals surface area contributed by atoms with E-state index >= 15 is 0 Å². The minimum atomic E-state index is 0.242. The molecule has 2 aromatic carbocycles. The van der Waals surface area contributed by atoms with Gasteiger partial charge in [-0.1, -0.05) is 60.7 Å². The topological polar surface area (TPSA) is 49.9 Å². The normalized spacial score (nSPS) is 11.7. The van der Waals surface area contributed by atoms with Gasteiger partial charge in [0.05, 0.1) is 5.84 Å². The maximum atomic E-state index is 7.37. The minimum absolute atomic E-state index is 0.242. The van der Waals surface area contributed by atoms with Crippen LogP contribution in [0, 0.1) is 5.41 Å². The Hall–Kier alpha value is -2.35. The van der Waals surface area contributed by atoms with Crippen molar-refractivity contribution in [1.82, 2.24) is 0 Å². The molecule has 0 radical (unpaired) electrons. The molecule has 0 aliphatic carbocycles. The monoisotopic (exact) mass is 264 g/mol. The first-order valence-electron chi connectivity index (χ1n) is 6.85. The van der Waals surface area contributed by atoms with Crippen LogP contribution in [0.2, 0.25) is 0 Å². The molecule has 0 fully saturated rings. The number of aryl methyl sites for hydroxylation is 1. The first-order chi connectivity index (χ1) is 9.72. The fourth-order valence-corrected chi connectivity index (χ4v) is 2.29. The zero-order valence-electron chi connectivity index (χ0n) is 11.8. The molecule has 0 amide bonds. The van der Waals surface area contributed by atoms with E-state index in [2.05, 4.69) is 48.6 Å². The standard InChI is InChI=1S/C18H20N2/c1-2-3-4-7-14-10-11-15(12-13-18(19)20)17-9-6-5-8-16(14)17/h2-11H,12-13H2,1H3,(H3,19,20)/b3-2-,7-4-. The van der Waals surface area contributed by atoms with Crippen LogP contribution in [-0.2, 0) is 6.42 Å². The average Bonchev–Trinajstić information content (AvgIpc) is 2.46. The summed E-state index contributed by atoms with van der Waals surface area (Å²) in [5, 5.41) is 9.86. The van der Waals surface area contributed by atoms with Crippen LogP contribution in [0.1, 0.15) is 24.5 Å². The number of hydrogen-bond donors (Lipinski definition) is 2. The van der Waals surface area contributed by atoms with Crippen molar-refractivity contribution in [2.24, 2.45) is 5.73 Å². The van der Waals surface area contributed by atoms with Crippen molar-refractivity contribution in [2.75, 3.05) is 0 Å². The molecule has 0 aliphatic rings. The summed E-state index contributed by atoms with van der Waals surface area (Å²) in [5.41, 5.74) is 7.92. The molecule has 0 heterocycles. The lowest BCUT2D eigenvalue weighted by Gasteiger charge is -2.09. The van der Waals surface area contributed by atoms with E-state index in [0.29, 0.717) is 6.42 Å². The number of hydrogen-bond acceptors (Lipinski definition) is 1. The first kappa shape index (κ1) is 14.1. The summed E-state index contributed by atoms with van der Waals surface area (Å²) in [6.07, 6.45) is 9.64. The smallest absolute Gasteiger partial charge is 0.0908 e. The highest BCUT2D eigenvalue weighted by Crippen LogP contribution is 2.24. The van der Waals surface area contributed by atoms with Gasteiger partial charge in [0.15, 0.2) is 0 Å². The van der Waals surface area contributed by atoms with E-state index < -0.39 is 0 Å². The third-order valence-corrected chi connectivity index (χ3v) is 3.29. The van der Waals surface area contributed by atoms with Gasteiger partial charge in [-0.3, -0.25) is 5.41 Å². The Morgan fingerprint density at radius 3 is 2.55 bits per heavy atom. The number of amidine groups is 1. The van der Waals surface area contributed by atoms with Crippen molar-refractivity contribution in [1.29, 1.82) is 5.41 Å². The quantitative estimate of drug-likeness (QED) is 0.472. The third-order valence-electron chi connectivity index (χ3n) is 3.29. The van der Waals surface area contributed by atoms with E-state index in [-0.39, 0.29) is 5.84 Å². The van der Waals surface area contributed by atoms with Crippen LogP contribution in [0.15, 0.2) is 54.6 Å². The predicted octanol–water partition coefficient (Wildman–Crippen LogP) is 4.30. The minimum Gasteiger partial charge on any atom is -0.388 e. The number of rotatable bonds is 5. The van der Waals surface area contributed by atoms with Gasteiger partial charge in [-0.2, -0.15) is 0 Å². The van der Waals surface area contributed by atoms with E-state index in [1.807, 2.05) is 19.1 Å². The predicted molar refractivity (Wildman–Crippen MR) is 88.0 cm³/mol. The van der Waals surface area contributed by atoms with Crippen LogP contribution >= 0.6 is 0 Å². The van der Waals surface area contributed by atoms with Gasteiger partial charge in [0, 0.05) is 6.42 Å². The van der Waals surface area contributed by atoms with Crippen LogP contribution in [0.4, 0.5) is 0 Å². The number of nitrogens with two attached hydrogens (primary N) is 1. The Balaban J connectivity index is 2.43. The molecule has 0 bridgehead atoms. The molecule has 20 heavy (non-hydrogen) atoms. The molecule has 0 unspecified atom stereocenters. The second kappa shape index (κ2) is 6.71. The summed E-state index contributed by atoms with van der Waals surface area (Å²) in [5.74, 6) is 0.242. The molecule has 0 spiro atoms. The van der Waals surface area contributed by atoms with Gasteiger partial charge in [-0.15, -0.1) is 0 Å². The van der Waals surface area contributed by atoms with Crippen molar-refractivity contribution in [3.8, 4) is 0 Å². The van der Waals surface area contributed by atoms with Crippen molar-refractivity contribution in [3.05, 3.63) is 65.8 Å². The molecule has 2 heteroatoms. The molecular formula is C18H20N2. The first-order valence-corrected chi connectivity index (χ1v) is 6.85. The molecule has 0 saturated carbocycles. The van der Waals surface area contributed by atoms with Crippen molar-refractivity contribution in [3.63, 3.8) is 0 Å². The van der Waals surface area contributed by atoms with Crippen LogP contribution in [0.5, 0.6) is 0 Å². The highest BCUT2D eigenvalue weighted by Gasteiger charge is 2.04. The van der Waals surface area contributed by atoms with E-state index in [9.17, 15) is 0 Å². The van der Waals surface area contributed by atoms with Gasteiger partial charge < -0.3 is 5.73 Å². The zero-order chi connectivity index (χ0) is 14.4. The highest BCUT2D eigenvalue weighted by molar-refractivity contribution is 5.93. The van der Waals surface area contributed by atoms with E-state index in [1.54, 1.807) is 0 Å². The number of fused-ring (bicyclic) bond motifs is 1. The Labute approximate surface area is 120 Å². The van der Waals surface area contributed by atoms with Gasteiger partial charge >= 0.3 is 0 Å². The average molecular weight is 264 g/mol. The number of allylic oxidation sites excluding steroid dienone is 3.